The maximum atomic E-state index is 13.3. The molecule has 0 spiro atoms. The van der Waals surface area contributed by atoms with E-state index in [1.165, 1.54) is 0 Å². The normalized spacial score (nSPS) is 15.5. The Morgan fingerprint density at radius 2 is 1.89 bits per heavy atom. The fourth-order valence-electron chi connectivity index (χ4n) is 3.52. The first kappa shape index (κ1) is 18.0. The second-order valence-corrected chi connectivity index (χ2v) is 6.51. The molecule has 2 N–H and O–H groups in total. The van der Waals surface area contributed by atoms with Crippen LogP contribution in [0.25, 0.3) is 10.9 Å². The number of fused-ring (bicyclic) bond motifs is 1. The molecule has 9 nitrogen and oxygen atoms in total. The summed E-state index contributed by atoms with van der Waals surface area (Å²) in [5.74, 6) is -1.78. The van der Waals surface area contributed by atoms with Crippen LogP contribution in [0.4, 0.5) is 8.78 Å². The molecule has 0 aliphatic carbocycles. The Bertz CT molecular complexity index is 1040. The van der Waals surface area contributed by atoms with Gasteiger partial charge < -0.3 is 10.0 Å². The molecular formula is C17H16F2N6O3. The van der Waals surface area contributed by atoms with Gasteiger partial charge in [-0.15, -0.1) is 5.10 Å². The van der Waals surface area contributed by atoms with Gasteiger partial charge in [-0.3, -0.25) is 9.89 Å². The van der Waals surface area contributed by atoms with Crippen molar-refractivity contribution in [3.05, 3.63) is 41.3 Å². The van der Waals surface area contributed by atoms with Crippen molar-refractivity contribution in [1.82, 2.24) is 30.1 Å². The van der Waals surface area contributed by atoms with Crippen molar-refractivity contribution in [3.8, 4) is 0 Å². The molecule has 1 aromatic carbocycles. The number of rotatable bonds is 4. The smallest absolute Gasteiger partial charge is 0.358 e. The molecule has 3 heterocycles. The zero-order valence-corrected chi connectivity index (χ0v) is 14.5. The van der Waals surface area contributed by atoms with Gasteiger partial charge in [-0.25, -0.2) is 18.3 Å². The molecule has 0 saturated carbocycles. The minimum atomic E-state index is -3.00. The van der Waals surface area contributed by atoms with Gasteiger partial charge in [0, 0.05) is 18.5 Å². The van der Waals surface area contributed by atoms with E-state index in [2.05, 4.69) is 20.5 Å². The third-order valence-corrected chi connectivity index (χ3v) is 4.91. The number of nitrogens with one attached hydrogen (secondary N) is 1. The first-order valence-electron chi connectivity index (χ1n) is 8.66. The number of nitrogens with zero attached hydrogens (tertiary/aromatic N) is 5. The fraction of sp³-hybridized carbons (Fsp3) is 0.353. The number of carboxylic acid groups (broad SMARTS) is 1. The number of carbonyl (C=O) groups excluding carboxylic acids is 1. The molecule has 1 fully saturated rings. The lowest BCUT2D eigenvalue weighted by molar-refractivity contribution is 0.0665. The van der Waals surface area contributed by atoms with E-state index in [0.29, 0.717) is 31.6 Å². The average molecular weight is 390 g/mol. The van der Waals surface area contributed by atoms with Gasteiger partial charge in [-0.05, 0) is 18.9 Å². The van der Waals surface area contributed by atoms with Crippen LogP contribution in [0.2, 0.25) is 0 Å². The topological polar surface area (TPSA) is 117 Å². The summed E-state index contributed by atoms with van der Waals surface area (Å²) in [6.45, 7) is 0.630. The second-order valence-electron chi connectivity index (χ2n) is 6.51. The van der Waals surface area contributed by atoms with E-state index in [-0.39, 0.29) is 5.91 Å². The summed E-state index contributed by atoms with van der Waals surface area (Å²) >= 11 is 0. The molecular weight excluding hydrogens is 374 g/mol. The zero-order valence-electron chi connectivity index (χ0n) is 14.5. The largest absolute Gasteiger partial charge is 0.476 e. The number of aromatic nitrogens is 5. The molecule has 28 heavy (non-hydrogen) atoms. The molecule has 1 aliphatic rings. The summed E-state index contributed by atoms with van der Waals surface area (Å²) in [5, 5.41) is 23.7. The number of halogens is 2. The lowest BCUT2D eigenvalue weighted by Crippen LogP contribution is -2.39. The van der Waals surface area contributed by atoms with Crippen LogP contribution in [-0.4, -0.2) is 60.2 Å². The Balaban J connectivity index is 1.51. The number of H-pyrrole nitrogens is 1. The van der Waals surface area contributed by atoms with Gasteiger partial charge in [-0.2, -0.15) is 5.10 Å². The quantitative estimate of drug-likeness (QED) is 0.706. The van der Waals surface area contributed by atoms with Crippen LogP contribution in [-0.2, 0) is 0 Å². The zero-order chi connectivity index (χ0) is 19.8. The first-order chi connectivity index (χ1) is 13.5. The summed E-state index contributed by atoms with van der Waals surface area (Å²) in [6, 6.07) is 6.82. The highest BCUT2D eigenvalue weighted by molar-refractivity contribution is 6.04. The number of likely N-dealkylation sites (tertiary alicyclic amines) is 1. The summed E-state index contributed by atoms with van der Waals surface area (Å²) in [4.78, 5) is 25.5. The van der Waals surface area contributed by atoms with E-state index in [1.54, 1.807) is 11.0 Å². The Hall–Kier alpha value is -3.37. The van der Waals surface area contributed by atoms with E-state index in [1.807, 2.05) is 18.2 Å². The molecule has 1 amide bonds. The van der Waals surface area contributed by atoms with Crippen molar-refractivity contribution < 1.29 is 23.5 Å². The summed E-state index contributed by atoms with van der Waals surface area (Å²) < 4.78 is 27.7. The Kier molecular flexibility index (Phi) is 4.49. The van der Waals surface area contributed by atoms with Crippen LogP contribution < -0.4 is 0 Å². The van der Waals surface area contributed by atoms with E-state index < -0.39 is 29.8 Å². The van der Waals surface area contributed by atoms with Crippen molar-refractivity contribution in [1.29, 1.82) is 0 Å². The van der Waals surface area contributed by atoms with Crippen LogP contribution in [0.3, 0.4) is 0 Å². The highest BCUT2D eigenvalue weighted by atomic mass is 19.3. The summed E-state index contributed by atoms with van der Waals surface area (Å²) in [7, 11) is 0. The highest BCUT2D eigenvalue weighted by Crippen LogP contribution is 2.30. The molecule has 11 heteroatoms. The third-order valence-electron chi connectivity index (χ3n) is 4.91. The van der Waals surface area contributed by atoms with Gasteiger partial charge in [0.15, 0.2) is 11.4 Å². The first-order valence-corrected chi connectivity index (χ1v) is 8.66. The molecule has 1 aliphatic heterocycles. The molecule has 0 radical (unpaired) electrons. The van der Waals surface area contributed by atoms with Gasteiger partial charge in [0.2, 0.25) is 0 Å². The van der Waals surface area contributed by atoms with Crippen LogP contribution in [0.5, 0.6) is 0 Å². The van der Waals surface area contributed by atoms with Crippen molar-refractivity contribution in [2.75, 3.05) is 13.1 Å². The number of aromatic amines is 1. The molecule has 4 rings (SSSR count). The molecule has 3 aromatic rings. The standard InChI is InChI=1S/C17H16F2N6O3/c18-15(19)14-13(17(27)28)22-23-25(14)9-5-7-24(8-6-9)16(26)12-10-3-1-2-4-11(10)20-21-12/h1-4,9,15H,5-8H2,(H,20,21)(H,27,28). The lowest BCUT2D eigenvalue weighted by Gasteiger charge is -2.32. The van der Waals surface area contributed by atoms with Crippen LogP contribution in [0.15, 0.2) is 24.3 Å². The molecule has 0 unspecified atom stereocenters. The number of hydrogen-bond acceptors (Lipinski definition) is 5. The van der Waals surface area contributed by atoms with Crippen LogP contribution in [0.1, 0.15) is 52.0 Å². The van der Waals surface area contributed by atoms with Crippen molar-refractivity contribution in [3.63, 3.8) is 0 Å². The predicted molar refractivity (Wildman–Crippen MR) is 92.2 cm³/mol. The molecule has 1 saturated heterocycles. The SMILES string of the molecule is O=C(O)c1nnn(C2CCN(C(=O)c3n[nH]c4ccccc34)CC2)c1C(F)F. The third kappa shape index (κ3) is 2.98. The van der Waals surface area contributed by atoms with Crippen molar-refractivity contribution >= 4 is 22.8 Å². The maximum absolute atomic E-state index is 13.3. The lowest BCUT2D eigenvalue weighted by atomic mass is 10.0. The molecule has 2 aromatic heterocycles. The van der Waals surface area contributed by atoms with Crippen molar-refractivity contribution in [2.24, 2.45) is 0 Å². The van der Waals surface area contributed by atoms with E-state index >= 15 is 0 Å². The average Bonchev–Trinajstić information content (AvgIpc) is 3.32. The Morgan fingerprint density at radius 1 is 1.18 bits per heavy atom. The fourth-order valence-corrected chi connectivity index (χ4v) is 3.52. The predicted octanol–water partition coefficient (Wildman–Crippen LogP) is 2.27. The number of aromatic carboxylic acids is 1. The van der Waals surface area contributed by atoms with Gasteiger partial charge >= 0.3 is 5.97 Å². The maximum Gasteiger partial charge on any atom is 0.358 e. The van der Waals surface area contributed by atoms with E-state index in [9.17, 15) is 18.4 Å². The van der Waals surface area contributed by atoms with Gasteiger partial charge in [-0.1, -0.05) is 23.4 Å². The van der Waals surface area contributed by atoms with Gasteiger partial charge in [0.25, 0.3) is 12.3 Å². The van der Waals surface area contributed by atoms with Crippen LogP contribution in [0, 0.1) is 0 Å². The number of carboxylic acids is 1. The number of carbonyl (C=O) groups is 2. The van der Waals surface area contributed by atoms with E-state index in [0.717, 1.165) is 15.6 Å². The minimum Gasteiger partial charge on any atom is -0.476 e. The molecule has 146 valence electrons. The van der Waals surface area contributed by atoms with Gasteiger partial charge in [0.05, 0.1) is 11.6 Å². The van der Waals surface area contributed by atoms with Crippen molar-refractivity contribution in [2.45, 2.75) is 25.3 Å². The van der Waals surface area contributed by atoms with E-state index in [4.69, 9.17) is 5.11 Å². The Labute approximate surface area is 156 Å². The monoisotopic (exact) mass is 390 g/mol. The number of alkyl halides is 2. The minimum absolute atomic E-state index is 0.241. The Morgan fingerprint density at radius 3 is 2.57 bits per heavy atom. The second kappa shape index (κ2) is 6.98. The number of piperidine rings is 1. The number of para-hydroxylation sites is 1. The number of amides is 1. The molecule has 0 atom stereocenters. The number of benzene rings is 1. The summed E-state index contributed by atoms with van der Waals surface area (Å²) in [5.41, 5.74) is -0.366. The van der Waals surface area contributed by atoms with Crippen LogP contribution >= 0.6 is 0 Å². The van der Waals surface area contributed by atoms with Gasteiger partial charge in [0.1, 0.15) is 5.69 Å². The highest BCUT2D eigenvalue weighted by Gasteiger charge is 2.33. The number of hydrogen-bond donors (Lipinski definition) is 2. The summed E-state index contributed by atoms with van der Waals surface area (Å²) in [6.07, 6.45) is -2.29. The molecule has 0 bridgehead atoms.